The van der Waals surface area contributed by atoms with Gasteiger partial charge < -0.3 is 5.11 Å². The second-order valence-electron chi connectivity index (χ2n) is 4.71. The SMILES string of the molecule is N#C[C@@H](C(=O)N/N=C\c1ccc(O)c([N+](=O)[O-])c1)c1ccccc1. The molecule has 2 N–H and O–H groups in total. The predicted octanol–water partition coefficient (Wildman–Crippen LogP) is 2.06. The van der Waals surface area contributed by atoms with Gasteiger partial charge in [-0.05, 0) is 17.7 Å². The normalized spacial score (nSPS) is 11.6. The number of benzene rings is 2. The molecule has 0 fully saturated rings. The third-order valence-corrected chi connectivity index (χ3v) is 3.11. The molecule has 0 bridgehead atoms. The molecule has 0 aliphatic rings. The van der Waals surface area contributed by atoms with Crippen LogP contribution < -0.4 is 5.43 Å². The van der Waals surface area contributed by atoms with Crippen LogP contribution in [0.1, 0.15) is 17.0 Å². The number of hydrogen-bond donors (Lipinski definition) is 2. The minimum Gasteiger partial charge on any atom is -0.502 e. The first-order chi connectivity index (χ1) is 11.5. The lowest BCUT2D eigenvalue weighted by Crippen LogP contribution is -2.24. The van der Waals surface area contributed by atoms with Gasteiger partial charge in [0.05, 0.1) is 17.2 Å². The van der Waals surface area contributed by atoms with Crippen molar-refractivity contribution in [2.75, 3.05) is 0 Å². The van der Waals surface area contributed by atoms with Crippen LogP contribution in [0.5, 0.6) is 5.75 Å². The zero-order chi connectivity index (χ0) is 17.5. The van der Waals surface area contributed by atoms with Gasteiger partial charge in [-0.3, -0.25) is 14.9 Å². The van der Waals surface area contributed by atoms with Gasteiger partial charge in [-0.1, -0.05) is 30.3 Å². The summed E-state index contributed by atoms with van der Waals surface area (Å²) in [4.78, 5) is 22.0. The summed E-state index contributed by atoms with van der Waals surface area (Å²) in [6.45, 7) is 0. The Bertz CT molecular complexity index is 828. The van der Waals surface area contributed by atoms with Crippen molar-refractivity contribution in [3.8, 4) is 11.8 Å². The summed E-state index contributed by atoms with van der Waals surface area (Å²) in [6, 6.07) is 14.1. The molecule has 2 aromatic carbocycles. The first-order valence-corrected chi connectivity index (χ1v) is 6.78. The van der Waals surface area contributed by atoms with Crippen LogP contribution in [0.4, 0.5) is 5.69 Å². The topological polar surface area (TPSA) is 129 Å². The molecule has 0 heterocycles. The van der Waals surface area contributed by atoms with Gasteiger partial charge >= 0.3 is 5.69 Å². The number of nitro groups is 1. The van der Waals surface area contributed by atoms with E-state index in [1.165, 1.54) is 12.3 Å². The first-order valence-electron chi connectivity index (χ1n) is 6.78. The van der Waals surface area contributed by atoms with E-state index in [0.717, 1.165) is 12.1 Å². The number of nitrogens with zero attached hydrogens (tertiary/aromatic N) is 3. The third kappa shape index (κ3) is 3.92. The number of aromatic hydroxyl groups is 1. The molecule has 0 unspecified atom stereocenters. The lowest BCUT2D eigenvalue weighted by molar-refractivity contribution is -0.385. The summed E-state index contributed by atoms with van der Waals surface area (Å²) >= 11 is 0. The van der Waals surface area contributed by atoms with Crippen LogP contribution in [0.2, 0.25) is 0 Å². The lowest BCUT2D eigenvalue weighted by Gasteiger charge is -2.07. The maximum absolute atomic E-state index is 12.0. The van der Waals surface area contributed by atoms with Crippen molar-refractivity contribution < 1.29 is 14.8 Å². The smallest absolute Gasteiger partial charge is 0.311 e. The van der Waals surface area contributed by atoms with Gasteiger partial charge in [0.15, 0.2) is 11.7 Å². The Hall–Kier alpha value is -3.73. The van der Waals surface area contributed by atoms with E-state index in [9.17, 15) is 20.0 Å². The predicted molar refractivity (Wildman–Crippen MR) is 85.3 cm³/mol. The molecule has 0 saturated carbocycles. The van der Waals surface area contributed by atoms with E-state index in [2.05, 4.69) is 10.5 Å². The van der Waals surface area contributed by atoms with Crippen molar-refractivity contribution in [1.82, 2.24) is 5.43 Å². The third-order valence-electron chi connectivity index (χ3n) is 3.11. The van der Waals surface area contributed by atoms with Gasteiger partial charge in [-0.2, -0.15) is 10.4 Å². The van der Waals surface area contributed by atoms with Crippen LogP contribution >= 0.6 is 0 Å². The summed E-state index contributed by atoms with van der Waals surface area (Å²) in [6.07, 6.45) is 1.18. The fraction of sp³-hybridized carbons (Fsp3) is 0.0625. The number of amides is 1. The van der Waals surface area contributed by atoms with Crippen molar-refractivity contribution in [2.24, 2.45) is 5.10 Å². The molecule has 2 rings (SSSR count). The molecule has 0 aliphatic heterocycles. The van der Waals surface area contributed by atoms with Gasteiger partial charge in [0.25, 0.3) is 5.91 Å². The van der Waals surface area contributed by atoms with Gasteiger partial charge in [0.1, 0.15) is 0 Å². The van der Waals surface area contributed by atoms with Crippen molar-refractivity contribution in [3.05, 3.63) is 69.8 Å². The standard InChI is InChI=1S/C16H12N4O4/c17-9-13(12-4-2-1-3-5-12)16(22)19-18-10-11-6-7-15(21)14(8-11)20(23)24/h1-8,10,13,21H,(H,19,22)/b18-10-/t13-/m1/s1. The largest absolute Gasteiger partial charge is 0.502 e. The van der Waals surface area contributed by atoms with Crippen molar-refractivity contribution >= 4 is 17.8 Å². The number of phenolic OH excluding ortho intramolecular Hbond substituents is 1. The monoisotopic (exact) mass is 324 g/mol. The van der Waals surface area contributed by atoms with Crippen molar-refractivity contribution in [2.45, 2.75) is 5.92 Å². The van der Waals surface area contributed by atoms with Gasteiger partial charge in [0.2, 0.25) is 0 Å². The molecule has 1 atom stereocenters. The zero-order valence-electron chi connectivity index (χ0n) is 12.3. The number of nitriles is 1. The molecule has 8 nitrogen and oxygen atoms in total. The molecule has 2 aromatic rings. The van der Waals surface area contributed by atoms with E-state index in [0.29, 0.717) is 11.1 Å². The van der Waals surface area contributed by atoms with Crippen LogP contribution in [-0.2, 0) is 4.79 Å². The first kappa shape index (κ1) is 16.6. The van der Waals surface area contributed by atoms with Crippen LogP contribution in [0.25, 0.3) is 0 Å². The minimum atomic E-state index is -1.02. The summed E-state index contributed by atoms with van der Waals surface area (Å²) in [5.41, 5.74) is 2.60. The summed E-state index contributed by atoms with van der Waals surface area (Å²) < 4.78 is 0. The Balaban J connectivity index is 2.08. The highest BCUT2D eigenvalue weighted by Gasteiger charge is 2.19. The average molecular weight is 324 g/mol. The number of carbonyl (C=O) groups is 1. The summed E-state index contributed by atoms with van der Waals surface area (Å²) in [5, 5.41) is 32.9. The van der Waals surface area contributed by atoms with Crippen LogP contribution in [0.3, 0.4) is 0 Å². The molecule has 0 saturated heterocycles. The molecular formula is C16H12N4O4. The Morgan fingerprint density at radius 1 is 1.33 bits per heavy atom. The van der Waals surface area contributed by atoms with Crippen molar-refractivity contribution in [3.63, 3.8) is 0 Å². The highest BCUT2D eigenvalue weighted by molar-refractivity contribution is 5.88. The molecule has 24 heavy (non-hydrogen) atoms. The molecular weight excluding hydrogens is 312 g/mol. The molecule has 1 amide bonds. The maximum Gasteiger partial charge on any atom is 0.311 e. The lowest BCUT2D eigenvalue weighted by atomic mass is 10.0. The number of carbonyl (C=O) groups excluding carboxylic acids is 1. The number of nitro benzene ring substituents is 1. The molecule has 0 spiro atoms. The maximum atomic E-state index is 12.0. The quantitative estimate of drug-likeness (QED) is 0.494. The van der Waals surface area contributed by atoms with Gasteiger partial charge in [-0.15, -0.1) is 0 Å². The second-order valence-corrected chi connectivity index (χ2v) is 4.71. The van der Waals surface area contributed by atoms with E-state index in [4.69, 9.17) is 5.26 Å². The summed E-state index contributed by atoms with van der Waals surface area (Å²) in [5.74, 6) is -2.10. The van der Waals surface area contributed by atoms with Crippen LogP contribution in [0.15, 0.2) is 53.6 Å². The number of phenols is 1. The Kier molecular flexibility index (Phi) is 5.20. The number of hydrogen-bond acceptors (Lipinski definition) is 6. The van der Waals surface area contributed by atoms with E-state index in [1.807, 2.05) is 6.07 Å². The van der Waals surface area contributed by atoms with E-state index >= 15 is 0 Å². The van der Waals surface area contributed by atoms with E-state index < -0.39 is 28.2 Å². The molecule has 0 aliphatic carbocycles. The van der Waals surface area contributed by atoms with Crippen molar-refractivity contribution in [1.29, 1.82) is 5.26 Å². The van der Waals surface area contributed by atoms with E-state index in [-0.39, 0.29) is 0 Å². The van der Waals surface area contributed by atoms with Gasteiger partial charge in [0, 0.05) is 11.6 Å². The number of rotatable bonds is 5. The highest BCUT2D eigenvalue weighted by Crippen LogP contribution is 2.25. The average Bonchev–Trinajstić information content (AvgIpc) is 2.58. The number of nitrogens with one attached hydrogen (secondary N) is 1. The number of hydrazone groups is 1. The Labute approximate surface area is 136 Å². The molecule has 0 radical (unpaired) electrons. The van der Waals surface area contributed by atoms with E-state index in [1.54, 1.807) is 30.3 Å². The fourth-order valence-corrected chi connectivity index (χ4v) is 1.93. The second kappa shape index (κ2) is 7.51. The molecule has 8 heteroatoms. The Morgan fingerprint density at radius 2 is 2.04 bits per heavy atom. The van der Waals surface area contributed by atoms with Crippen LogP contribution in [0, 0.1) is 21.4 Å². The Morgan fingerprint density at radius 3 is 2.67 bits per heavy atom. The highest BCUT2D eigenvalue weighted by atomic mass is 16.6. The molecule has 120 valence electrons. The van der Waals surface area contributed by atoms with Crippen LogP contribution in [-0.4, -0.2) is 22.2 Å². The minimum absolute atomic E-state index is 0.313. The molecule has 0 aromatic heterocycles. The van der Waals surface area contributed by atoms with Gasteiger partial charge in [-0.25, -0.2) is 5.43 Å². The summed E-state index contributed by atoms with van der Waals surface area (Å²) in [7, 11) is 0. The zero-order valence-corrected chi connectivity index (χ0v) is 12.3. The fourth-order valence-electron chi connectivity index (χ4n) is 1.93.